The van der Waals surface area contributed by atoms with Gasteiger partial charge in [0.15, 0.2) is 0 Å². The van der Waals surface area contributed by atoms with Gasteiger partial charge in [-0.3, -0.25) is 21.9 Å². The molecule has 0 amide bonds. The van der Waals surface area contributed by atoms with Gasteiger partial charge in [-0.05, 0) is 18.2 Å². The number of carbonyl (C=O) groups is 1. The number of hydrogen-bond acceptors (Lipinski definition) is 2. The molecule has 2 aliphatic rings. The third-order valence-corrected chi connectivity index (χ3v) is 2.65. The quantitative estimate of drug-likeness (QED) is 0.367. The molecule has 21 heavy (non-hydrogen) atoms. The normalized spacial score (nSPS) is 14.6. The van der Waals surface area contributed by atoms with Gasteiger partial charge in [-0.2, -0.15) is 17.7 Å². The molecule has 0 N–H and O–H groups in total. The van der Waals surface area contributed by atoms with Crippen molar-refractivity contribution in [1.29, 1.82) is 0 Å². The van der Waals surface area contributed by atoms with Crippen LogP contribution in [0.1, 0.15) is 23.3 Å². The Morgan fingerprint density at radius 2 is 2.14 bits per heavy atom. The zero-order valence-corrected chi connectivity index (χ0v) is 12.6. The van der Waals surface area contributed by atoms with Crippen LogP contribution < -0.4 is 0 Å². The molecule has 0 saturated heterocycles. The predicted molar refractivity (Wildman–Crippen MR) is 79.8 cm³/mol. The van der Waals surface area contributed by atoms with Gasteiger partial charge < -0.3 is 0 Å². The van der Waals surface area contributed by atoms with Crippen LogP contribution in [-0.4, -0.2) is 10.8 Å². The standard InChI is InChI=1S/C13H10NO.C5H5.Fe/c15-13(12-7-3-4-10-14-12)9-8-11-5-1-2-6-11;1-2-4-5-3-1;/h3-10H,1H2;1-3H,4H2;/q2*-1;+2/b9-8+;;. The zero-order valence-electron chi connectivity index (χ0n) is 11.5. The molecular weight excluding hydrogens is 302 g/mol. The Labute approximate surface area is 136 Å². The molecule has 106 valence electrons. The van der Waals surface area contributed by atoms with Crippen LogP contribution in [0.15, 0.2) is 72.5 Å². The number of pyridine rings is 1. The minimum atomic E-state index is -0.0724. The summed E-state index contributed by atoms with van der Waals surface area (Å²) in [5, 5.41) is 0. The van der Waals surface area contributed by atoms with Gasteiger partial charge in [-0.15, -0.1) is 18.9 Å². The van der Waals surface area contributed by atoms with Gasteiger partial charge in [0.1, 0.15) is 5.69 Å². The van der Waals surface area contributed by atoms with E-state index in [1.165, 1.54) is 6.08 Å². The van der Waals surface area contributed by atoms with Crippen LogP contribution >= 0.6 is 0 Å². The van der Waals surface area contributed by atoms with Gasteiger partial charge in [-0.1, -0.05) is 6.07 Å². The van der Waals surface area contributed by atoms with Gasteiger partial charge in [0.25, 0.3) is 0 Å². The van der Waals surface area contributed by atoms with Crippen LogP contribution in [0.2, 0.25) is 0 Å². The minimum Gasteiger partial charge on any atom is -0.288 e. The Bertz CT molecular complexity index is 585. The summed E-state index contributed by atoms with van der Waals surface area (Å²) in [4.78, 5) is 15.6. The predicted octanol–water partition coefficient (Wildman–Crippen LogP) is 3.81. The molecule has 3 rings (SSSR count). The van der Waals surface area contributed by atoms with Crippen molar-refractivity contribution >= 4 is 5.78 Å². The Morgan fingerprint density at radius 1 is 1.24 bits per heavy atom. The molecule has 0 saturated carbocycles. The first-order valence-corrected chi connectivity index (χ1v) is 6.48. The Morgan fingerprint density at radius 3 is 2.67 bits per heavy atom. The summed E-state index contributed by atoms with van der Waals surface area (Å²) < 4.78 is 0. The van der Waals surface area contributed by atoms with Crippen molar-refractivity contribution in [3.05, 3.63) is 90.3 Å². The maximum absolute atomic E-state index is 11.6. The maximum Gasteiger partial charge on any atom is 2.00 e. The SMILES string of the molecule is O=C(/C=C/C1=CC[C-]=C1)c1ccccn1.[C-]1=CC=CC1.[Fe+2]. The largest absolute Gasteiger partial charge is 2.00 e. The fraction of sp³-hybridized carbons (Fsp3) is 0.111. The van der Waals surface area contributed by atoms with Crippen molar-refractivity contribution in [2.45, 2.75) is 12.8 Å². The maximum atomic E-state index is 11.6. The van der Waals surface area contributed by atoms with Crippen molar-refractivity contribution in [3.8, 4) is 0 Å². The molecule has 0 aliphatic heterocycles. The molecule has 0 spiro atoms. The van der Waals surface area contributed by atoms with E-state index in [1.807, 2.05) is 24.3 Å². The van der Waals surface area contributed by atoms with Crippen LogP contribution in [0.4, 0.5) is 0 Å². The van der Waals surface area contributed by atoms with E-state index in [1.54, 1.807) is 30.5 Å². The average molecular weight is 317 g/mol. The molecule has 0 fully saturated rings. The summed E-state index contributed by atoms with van der Waals surface area (Å²) in [6.45, 7) is 0. The summed E-state index contributed by atoms with van der Waals surface area (Å²) >= 11 is 0. The van der Waals surface area contributed by atoms with Crippen molar-refractivity contribution < 1.29 is 21.9 Å². The third kappa shape index (κ3) is 6.35. The first-order valence-electron chi connectivity index (χ1n) is 6.48. The summed E-state index contributed by atoms with van der Waals surface area (Å²) in [6.07, 6.45) is 22.7. The average Bonchev–Trinajstić information content (AvgIpc) is 3.21. The molecule has 1 aromatic heterocycles. The molecule has 3 heteroatoms. The number of allylic oxidation sites excluding steroid dienone is 10. The van der Waals surface area contributed by atoms with Gasteiger partial charge in [0.2, 0.25) is 5.78 Å². The smallest absolute Gasteiger partial charge is 0.288 e. The number of hydrogen-bond donors (Lipinski definition) is 0. The van der Waals surface area contributed by atoms with Crippen molar-refractivity contribution in [1.82, 2.24) is 4.98 Å². The van der Waals surface area contributed by atoms with Gasteiger partial charge in [-0.25, -0.2) is 18.2 Å². The Balaban J connectivity index is 0.000000313. The van der Waals surface area contributed by atoms with Crippen molar-refractivity contribution in [2.75, 3.05) is 0 Å². The number of aromatic nitrogens is 1. The molecule has 0 radical (unpaired) electrons. The molecular formula is C18H15FeNO. The number of nitrogens with zero attached hydrogens (tertiary/aromatic N) is 1. The molecule has 0 unspecified atom stereocenters. The van der Waals surface area contributed by atoms with Crippen molar-refractivity contribution in [3.63, 3.8) is 0 Å². The van der Waals surface area contributed by atoms with E-state index in [9.17, 15) is 4.79 Å². The van der Waals surface area contributed by atoms with Crippen LogP contribution in [0.25, 0.3) is 0 Å². The van der Waals surface area contributed by atoms with E-state index in [0.717, 1.165) is 18.4 Å². The summed E-state index contributed by atoms with van der Waals surface area (Å²) in [5.41, 5.74) is 1.50. The van der Waals surface area contributed by atoms with Crippen LogP contribution in [-0.2, 0) is 17.1 Å². The zero-order chi connectivity index (χ0) is 14.0. The Hall–Kier alpha value is -1.96. The fourth-order valence-corrected chi connectivity index (χ4v) is 1.63. The van der Waals surface area contributed by atoms with Crippen LogP contribution in [0.5, 0.6) is 0 Å². The number of rotatable bonds is 3. The fourth-order valence-electron chi connectivity index (χ4n) is 1.63. The molecule has 1 heterocycles. The first-order chi connectivity index (χ1) is 9.86. The molecule has 2 nitrogen and oxygen atoms in total. The summed E-state index contributed by atoms with van der Waals surface area (Å²) in [7, 11) is 0. The molecule has 2 aliphatic carbocycles. The van der Waals surface area contributed by atoms with Crippen molar-refractivity contribution in [2.24, 2.45) is 0 Å². The van der Waals surface area contributed by atoms with Gasteiger partial charge >= 0.3 is 17.1 Å². The number of carbonyl (C=O) groups excluding carboxylic acids is 1. The van der Waals surface area contributed by atoms with E-state index in [2.05, 4.69) is 23.2 Å². The van der Waals surface area contributed by atoms with Gasteiger partial charge in [0.05, 0.1) is 0 Å². The molecule has 0 bridgehead atoms. The summed E-state index contributed by atoms with van der Waals surface area (Å²) in [6, 6.07) is 5.30. The monoisotopic (exact) mass is 317 g/mol. The second-order valence-electron chi connectivity index (χ2n) is 4.17. The molecule has 0 aromatic carbocycles. The topological polar surface area (TPSA) is 30.0 Å². The number of ketones is 1. The van der Waals surface area contributed by atoms with Crippen LogP contribution in [0.3, 0.4) is 0 Å². The van der Waals surface area contributed by atoms with E-state index < -0.39 is 0 Å². The summed E-state index contributed by atoms with van der Waals surface area (Å²) in [5.74, 6) is -0.0724. The van der Waals surface area contributed by atoms with E-state index in [0.29, 0.717) is 5.69 Å². The van der Waals surface area contributed by atoms with E-state index >= 15 is 0 Å². The molecule has 0 atom stereocenters. The third-order valence-electron chi connectivity index (χ3n) is 2.65. The van der Waals surface area contributed by atoms with E-state index in [-0.39, 0.29) is 22.9 Å². The Kier molecular flexibility index (Phi) is 8.03. The molecule has 1 aromatic rings. The van der Waals surface area contributed by atoms with Crippen LogP contribution in [0, 0.1) is 12.2 Å². The van der Waals surface area contributed by atoms with Gasteiger partial charge in [0, 0.05) is 6.20 Å². The second-order valence-corrected chi connectivity index (χ2v) is 4.17. The first kappa shape index (κ1) is 17.1. The minimum absolute atomic E-state index is 0. The second kappa shape index (κ2) is 9.87. The van der Waals surface area contributed by atoms with E-state index in [4.69, 9.17) is 0 Å².